The van der Waals surface area contributed by atoms with E-state index in [1.807, 2.05) is 61.0 Å². The third kappa shape index (κ3) is 4.26. The molecule has 0 aliphatic carbocycles. The highest BCUT2D eigenvalue weighted by molar-refractivity contribution is 7.89. The van der Waals surface area contributed by atoms with Crippen molar-refractivity contribution in [1.82, 2.24) is 14.1 Å². The number of hydrogen-bond acceptors (Lipinski definition) is 4. The molecule has 0 bridgehead atoms. The second kappa shape index (κ2) is 8.28. The smallest absolute Gasteiger partial charge is 0.243 e. The second-order valence-corrected chi connectivity index (χ2v) is 10.0. The molecule has 1 atom stereocenters. The number of nitrogens with one attached hydrogen (secondary N) is 1. The second-order valence-electron chi connectivity index (χ2n) is 7.81. The standard InChI is InChI=1S/C23H26N4O3S/c1-4-31(29,30)26-15-19-8-6-5-7-18(19)14-22(26)23(28)24-20-9-11-21(12-10-20)27-17(3)13-16(2)25-27/h5-13,22H,4,14-15H2,1-3H3,(H,24,28)/t22-/m1/s1. The van der Waals surface area contributed by atoms with Crippen LogP contribution >= 0.6 is 0 Å². The lowest BCUT2D eigenvalue weighted by Crippen LogP contribution is -2.51. The Hall–Kier alpha value is -2.97. The van der Waals surface area contributed by atoms with Gasteiger partial charge in [0.2, 0.25) is 15.9 Å². The Morgan fingerprint density at radius 2 is 1.77 bits per heavy atom. The molecule has 162 valence electrons. The van der Waals surface area contributed by atoms with Crippen LogP contribution in [0.15, 0.2) is 54.6 Å². The van der Waals surface area contributed by atoms with Crippen molar-refractivity contribution in [3.8, 4) is 5.69 Å². The Balaban J connectivity index is 1.57. The molecule has 0 saturated carbocycles. The molecule has 1 aliphatic heterocycles. The maximum atomic E-state index is 13.1. The molecule has 2 aromatic carbocycles. The highest BCUT2D eigenvalue weighted by atomic mass is 32.2. The summed E-state index contributed by atoms with van der Waals surface area (Å²) in [6.45, 7) is 5.74. The number of aromatic nitrogens is 2. The molecule has 1 N–H and O–H groups in total. The van der Waals surface area contributed by atoms with Gasteiger partial charge in [-0.1, -0.05) is 24.3 Å². The van der Waals surface area contributed by atoms with Crippen LogP contribution in [-0.4, -0.2) is 40.2 Å². The van der Waals surface area contributed by atoms with Gasteiger partial charge in [0, 0.05) is 17.9 Å². The topological polar surface area (TPSA) is 84.3 Å². The van der Waals surface area contributed by atoms with Crippen LogP contribution in [0.2, 0.25) is 0 Å². The van der Waals surface area contributed by atoms with Crippen molar-refractivity contribution in [1.29, 1.82) is 0 Å². The number of hydrogen-bond donors (Lipinski definition) is 1. The normalized spacial score (nSPS) is 16.7. The van der Waals surface area contributed by atoms with Gasteiger partial charge in [0.05, 0.1) is 17.1 Å². The van der Waals surface area contributed by atoms with Crippen molar-refractivity contribution in [2.45, 2.75) is 39.8 Å². The summed E-state index contributed by atoms with van der Waals surface area (Å²) in [4.78, 5) is 13.1. The lowest BCUT2D eigenvalue weighted by atomic mass is 9.95. The number of rotatable bonds is 5. The number of carbonyl (C=O) groups excluding carboxylic acids is 1. The van der Waals surface area contributed by atoms with E-state index >= 15 is 0 Å². The van der Waals surface area contributed by atoms with Crippen LogP contribution in [0.5, 0.6) is 0 Å². The van der Waals surface area contributed by atoms with E-state index in [2.05, 4.69) is 10.4 Å². The van der Waals surface area contributed by atoms with Crippen molar-refractivity contribution < 1.29 is 13.2 Å². The number of amides is 1. The number of sulfonamides is 1. The van der Waals surface area contributed by atoms with Gasteiger partial charge in [-0.3, -0.25) is 4.79 Å². The zero-order valence-electron chi connectivity index (χ0n) is 17.9. The van der Waals surface area contributed by atoms with Gasteiger partial charge >= 0.3 is 0 Å². The van der Waals surface area contributed by atoms with Crippen LogP contribution in [-0.2, 0) is 27.8 Å². The quantitative estimate of drug-likeness (QED) is 0.663. The highest BCUT2D eigenvalue weighted by Crippen LogP contribution is 2.27. The van der Waals surface area contributed by atoms with Crippen molar-refractivity contribution in [3.63, 3.8) is 0 Å². The minimum absolute atomic E-state index is 0.0454. The molecule has 0 unspecified atom stereocenters. The van der Waals surface area contributed by atoms with Gasteiger partial charge in [-0.2, -0.15) is 9.40 Å². The molecule has 1 amide bonds. The first kappa shape index (κ1) is 21.3. The van der Waals surface area contributed by atoms with Gasteiger partial charge < -0.3 is 5.32 Å². The molecule has 1 aliphatic rings. The Bertz CT molecular complexity index is 1220. The maximum Gasteiger partial charge on any atom is 0.243 e. The largest absolute Gasteiger partial charge is 0.325 e. The summed E-state index contributed by atoms with van der Waals surface area (Å²) in [5, 5.41) is 7.36. The van der Waals surface area contributed by atoms with Gasteiger partial charge in [-0.15, -0.1) is 0 Å². The molecular formula is C23H26N4O3S. The summed E-state index contributed by atoms with van der Waals surface area (Å²) in [5.74, 6) is -0.374. The summed E-state index contributed by atoms with van der Waals surface area (Å²) in [7, 11) is -3.53. The summed E-state index contributed by atoms with van der Waals surface area (Å²) in [6, 6.07) is 16.3. The molecular weight excluding hydrogens is 412 g/mol. The van der Waals surface area contributed by atoms with E-state index in [4.69, 9.17) is 0 Å². The fraction of sp³-hybridized carbons (Fsp3) is 0.304. The number of nitrogens with zero attached hydrogens (tertiary/aromatic N) is 3. The number of aryl methyl sites for hydroxylation is 2. The summed E-state index contributed by atoms with van der Waals surface area (Å²) in [6.07, 6.45) is 0.352. The SMILES string of the molecule is CCS(=O)(=O)N1Cc2ccccc2C[C@@H]1C(=O)Nc1ccc(-n2nc(C)cc2C)cc1. The molecule has 4 rings (SSSR count). The average Bonchev–Trinajstić information content (AvgIpc) is 3.11. The summed E-state index contributed by atoms with van der Waals surface area (Å²) < 4.78 is 28.6. The molecule has 0 fully saturated rings. The Morgan fingerprint density at radius 3 is 2.39 bits per heavy atom. The maximum absolute atomic E-state index is 13.1. The molecule has 31 heavy (non-hydrogen) atoms. The molecule has 1 aromatic heterocycles. The average molecular weight is 439 g/mol. The predicted molar refractivity (Wildman–Crippen MR) is 121 cm³/mol. The van der Waals surface area contributed by atoms with Crippen LogP contribution < -0.4 is 5.32 Å². The minimum atomic E-state index is -3.53. The van der Waals surface area contributed by atoms with E-state index in [1.165, 1.54) is 4.31 Å². The van der Waals surface area contributed by atoms with Crippen LogP contribution in [0, 0.1) is 13.8 Å². The fourth-order valence-electron chi connectivity index (χ4n) is 3.98. The lowest BCUT2D eigenvalue weighted by Gasteiger charge is -2.34. The van der Waals surface area contributed by atoms with Gasteiger partial charge in [-0.05, 0) is 68.7 Å². The van der Waals surface area contributed by atoms with Crippen LogP contribution in [0.1, 0.15) is 29.4 Å². The zero-order chi connectivity index (χ0) is 22.2. The van der Waals surface area contributed by atoms with E-state index in [9.17, 15) is 13.2 Å². The Kier molecular flexibility index (Phi) is 5.68. The fourth-order valence-corrected chi connectivity index (χ4v) is 5.21. The summed E-state index contributed by atoms with van der Waals surface area (Å²) >= 11 is 0. The van der Waals surface area contributed by atoms with E-state index in [0.717, 1.165) is 28.2 Å². The van der Waals surface area contributed by atoms with Crippen LogP contribution in [0.25, 0.3) is 5.69 Å². The van der Waals surface area contributed by atoms with Crippen LogP contribution in [0.3, 0.4) is 0 Å². The number of fused-ring (bicyclic) bond motifs is 1. The third-order valence-electron chi connectivity index (χ3n) is 5.62. The highest BCUT2D eigenvalue weighted by Gasteiger charge is 2.37. The van der Waals surface area contributed by atoms with Crippen molar-refractivity contribution in [2.75, 3.05) is 11.1 Å². The van der Waals surface area contributed by atoms with Gasteiger partial charge in [0.15, 0.2) is 0 Å². The van der Waals surface area contributed by atoms with E-state index in [0.29, 0.717) is 12.1 Å². The number of benzene rings is 2. The molecule has 0 radical (unpaired) electrons. The van der Waals surface area contributed by atoms with Crippen molar-refractivity contribution >= 4 is 21.6 Å². The first-order valence-corrected chi connectivity index (χ1v) is 11.9. The number of carbonyl (C=O) groups is 1. The minimum Gasteiger partial charge on any atom is -0.325 e. The Morgan fingerprint density at radius 1 is 1.10 bits per heavy atom. The monoisotopic (exact) mass is 438 g/mol. The van der Waals surface area contributed by atoms with Crippen LogP contribution in [0.4, 0.5) is 5.69 Å². The molecule has 0 saturated heterocycles. The number of anilines is 1. The lowest BCUT2D eigenvalue weighted by molar-refractivity contribution is -0.120. The van der Waals surface area contributed by atoms with Crippen molar-refractivity contribution in [3.05, 3.63) is 77.1 Å². The predicted octanol–water partition coefficient (Wildman–Crippen LogP) is 3.20. The first-order valence-electron chi connectivity index (χ1n) is 10.3. The molecule has 0 spiro atoms. The van der Waals surface area contributed by atoms with Gasteiger partial charge in [-0.25, -0.2) is 13.1 Å². The van der Waals surface area contributed by atoms with E-state index < -0.39 is 16.1 Å². The van der Waals surface area contributed by atoms with E-state index in [1.54, 1.807) is 19.1 Å². The van der Waals surface area contributed by atoms with Crippen molar-refractivity contribution in [2.24, 2.45) is 0 Å². The van der Waals surface area contributed by atoms with Gasteiger partial charge in [0.1, 0.15) is 6.04 Å². The molecule has 8 heteroatoms. The molecule has 7 nitrogen and oxygen atoms in total. The molecule has 3 aromatic rings. The third-order valence-corrected chi connectivity index (χ3v) is 7.45. The van der Waals surface area contributed by atoms with Gasteiger partial charge in [0.25, 0.3) is 0 Å². The molecule has 2 heterocycles. The zero-order valence-corrected chi connectivity index (χ0v) is 18.7. The summed E-state index contributed by atoms with van der Waals surface area (Å²) in [5.41, 5.74) is 5.41. The Labute approximate surface area is 182 Å². The van der Waals surface area contributed by atoms with E-state index in [-0.39, 0.29) is 18.2 Å². The first-order chi connectivity index (χ1) is 14.8.